The molecule has 0 amide bonds. The second-order valence-electron chi connectivity index (χ2n) is 6.29. The lowest BCUT2D eigenvalue weighted by atomic mass is 9.92. The van der Waals surface area contributed by atoms with Crippen molar-refractivity contribution in [3.63, 3.8) is 0 Å². The molecule has 28 heavy (non-hydrogen) atoms. The van der Waals surface area contributed by atoms with E-state index in [0.29, 0.717) is 23.2 Å². The van der Waals surface area contributed by atoms with E-state index in [2.05, 4.69) is 4.74 Å². The van der Waals surface area contributed by atoms with Crippen molar-refractivity contribution in [3.8, 4) is 16.9 Å². The van der Waals surface area contributed by atoms with Crippen LogP contribution >= 0.6 is 0 Å². The number of ether oxygens (including phenoxy) is 2. The Balaban J connectivity index is 2.06. The highest BCUT2D eigenvalue weighted by Crippen LogP contribution is 2.39. The standard InChI is InChI=1S/C20H14F3NO4/c1-2-27-19(26)16-10-24-9-11-5-3-4-6-13(11)14-7-12(28-20(21,22)23)8-15(17(14)24)18(16)25/h3-8,10H,2,9H2,1H3. The number of rotatable bonds is 3. The first kappa shape index (κ1) is 18.1. The van der Waals surface area contributed by atoms with Crippen LogP contribution in [0.4, 0.5) is 13.2 Å². The number of pyridine rings is 1. The Labute approximate surface area is 156 Å². The van der Waals surface area contributed by atoms with Crippen LogP contribution in [0.5, 0.6) is 5.75 Å². The number of aromatic nitrogens is 1. The molecule has 0 atom stereocenters. The maximum absolute atomic E-state index is 12.9. The van der Waals surface area contributed by atoms with E-state index in [0.717, 1.165) is 11.6 Å². The average molecular weight is 389 g/mol. The lowest BCUT2D eigenvalue weighted by Crippen LogP contribution is -2.23. The molecule has 8 heteroatoms. The minimum Gasteiger partial charge on any atom is -0.462 e. The minimum atomic E-state index is -4.91. The van der Waals surface area contributed by atoms with Crippen LogP contribution in [0.3, 0.4) is 0 Å². The second kappa shape index (κ2) is 6.40. The quantitative estimate of drug-likeness (QED) is 0.495. The Hall–Kier alpha value is -3.29. The monoisotopic (exact) mass is 389 g/mol. The molecule has 5 nitrogen and oxygen atoms in total. The molecule has 1 aliphatic rings. The van der Waals surface area contributed by atoms with Gasteiger partial charge < -0.3 is 14.0 Å². The molecule has 1 aromatic heterocycles. The molecule has 0 aliphatic carbocycles. The molecule has 0 saturated heterocycles. The molecule has 0 bridgehead atoms. The second-order valence-corrected chi connectivity index (χ2v) is 6.29. The highest BCUT2D eigenvalue weighted by Gasteiger charge is 2.32. The van der Waals surface area contributed by atoms with Crippen molar-refractivity contribution in [3.05, 3.63) is 63.9 Å². The van der Waals surface area contributed by atoms with Crippen molar-refractivity contribution in [2.75, 3.05) is 6.61 Å². The zero-order chi connectivity index (χ0) is 20.1. The van der Waals surface area contributed by atoms with Crippen LogP contribution < -0.4 is 10.2 Å². The van der Waals surface area contributed by atoms with Gasteiger partial charge in [-0.15, -0.1) is 13.2 Å². The Morgan fingerprint density at radius 3 is 2.64 bits per heavy atom. The summed E-state index contributed by atoms with van der Waals surface area (Å²) in [5.41, 5.74) is 1.52. The Bertz CT molecular complexity index is 1160. The van der Waals surface area contributed by atoms with Crippen LogP contribution in [-0.2, 0) is 11.3 Å². The van der Waals surface area contributed by atoms with Crippen LogP contribution in [0.1, 0.15) is 22.8 Å². The third kappa shape index (κ3) is 3.00. The molecule has 0 saturated carbocycles. The number of fused-ring (bicyclic) bond motifs is 2. The predicted molar refractivity (Wildman–Crippen MR) is 95.4 cm³/mol. The molecule has 0 radical (unpaired) electrons. The van der Waals surface area contributed by atoms with Crippen molar-refractivity contribution >= 4 is 16.9 Å². The van der Waals surface area contributed by atoms with Gasteiger partial charge in [-0.05, 0) is 30.2 Å². The maximum Gasteiger partial charge on any atom is 0.573 e. The van der Waals surface area contributed by atoms with Crippen molar-refractivity contribution in [1.29, 1.82) is 0 Å². The van der Waals surface area contributed by atoms with Gasteiger partial charge in [0.05, 0.1) is 17.5 Å². The van der Waals surface area contributed by atoms with Gasteiger partial charge in [-0.3, -0.25) is 4.79 Å². The van der Waals surface area contributed by atoms with Gasteiger partial charge in [0.1, 0.15) is 11.3 Å². The number of nitrogens with zero attached hydrogens (tertiary/aromatic N) is 1. The smallest absolute Gasteiger partial charge is 0.462 e. The summed E-state index contributed by atoms with van der Waals surface area (Å²) in [6.07, 6.45) is -3.52. The van der Waals surface area contributed by atoms with Gasteiger partial charge >= 0.3 is 12.3 Å². The van der Waals surface area contributed by atoms with Crippen molar-refractivity contribution < 1.29 is 27.4 Å². The summed E-state index contributed by atoms with van der Waals surface area (Å²) in [4.78, 5) is 25.1. The fourth-order valence-electron chi connectivity index (χ4n) is 3.50. The van der Waals surface area contributed by atoms with Crippen LogP contribution in [0.15, 0.2) is 47.4 Å². The van der Waals surface area contributed by atoms with E-state index >= 15 is 0 Å². The molecule has 0 spiro atoms. The number of carbonyl (C=O) groups excluding carboxylic acids is 1. The van der Waals surface area contributed by atoms with Gasteiger partial charge in [-0.2, -0.15) is 0 Å². The van der Waals surface area contributed by atoms with E-state index in [1.54, 1.807) is 23.6 Å². The Morgan fingerprint density at radius 2 is 1.93 bits per heavy atom. The molecule has 0 unspecified atom stereocenters. The molecule has 2 heterocycles. The molecule has 0 N–H and O–H groups in total. The van der Waals surface area contributed by atoms with Gasteiger partial charge in [0, 0.05) is 18.3 Å². The molecule has 2 aromatic carbocycles. The summed E-state index contributed by atoms with van der Waals surface area (Å²) < 4.78 is 49.1. The third-order valence-electron chi connectivity index (χ3n) is 4.52. The summed E-state index contributed by atoms with van der Waals surface area (Å²) in [6, 6.07) is 9.46. The third-order valence-corrected chi connectivity index (χ3v) is 4.52. The Morgan fingerprint density at radius 1 is 1.18 bits per heavy atom. The van der Waals surface area contributed by atoms with E-state index in [1.165, 1.54) is 12.3 Å². The van der Waals surface area contributed by atoms with Gasteiger partial charge in [-0.25, -0.2) is 4.79 Å². The normalized spacial score (nSPS) is 12.6. The van der Waals surface area contributed by atoms with E-state index in [1.807, 2.05) is 12.1 Å². The molecule has 4 rings (SSSR count). The number of benzene rings is 2. The lowest BCUT2D eigenvalue weighted by molar-refractivity contribution is -0.274. The Kier molecular flexibility index (Phi) is 4.14. The SMILES string of the molecule is CCOC(=O)c1cn2c3c(cc(OC(F)(F)F)cc3c1=O)-c1ccccc1C2. The molecular weight excluding hydrogens is 375 g/mol. The summed E-state index contributed by atoms with van der Waals surface area (Å²) in [5.74, 6) is -1.34. The number of esters is 1. The average Bonchev–Trinajstić information content (AvgIpc) is 2.63. The number of alkyl halides is 3. The minimum absolute atomic E-state index is 0.0307. The summed E-state index contributed by atoms with van der Waals surface area (Å²) in [6.45, 7) is 2.04. The van der Waals surface area contributed by atoms with E-state index in [9.17, 15) is 22.8 Å². The van der Waals surface area contributed by atoms with Crippen molar-refractivity contribution in [2.24, 2.45) is 0 Å². The summed E-state index contributed by atoms with van der Waals surface area (Å²) in [5, 5.41) is -0.0307. The van der Waals surface area contributed by atoms with E-state index in [-0.39, 0.29) is 17.6 Å². The van der Waals surface area contributed by atoms with Crippen molar-refractivity contribution in [1.82, 2.24) is 4.57 Å². The summed E-state index contributed by atoms with van der Waals surface area (Å²) in [7, 11) is 0. The van der Waals surface area contributed by atoms with Gasteiger partial charge in [0.2, 0.25) is 5.43 Å². The lowest BCUT2D eigenvalue weighted by Gasteiger charge is -2.24. The zero-order valence-electron chi connectivity index (χ0n) is 14.7. The topological polar surface area (TPSA) is 57.5 Å². The number of hydrogen-bond acceptors (Lipinski definition) is 4. The molecule has 0 fully saturated rings. The number of carbonyl (C=O) groups is 1. The molecule has 1 aliphatic heterocycles. The predicted octanol–water partition coefficient (Wildman–Crippen LogP) is 4.11. The zero-order valence-corrected chi connectivity index (χ0v) is 14.7. The van der Waals surface area contributed by atoms with Crippen LogP contribution in [0.25, 0.3) is 22.0 Å². The largest absolute Gasteiger partial charge is 0.573 e. The molecule has 144 valence electrons. The van der Waals surface area contributed by atoms with E-state index in [4.69, 9.17) is 4.74 Å². The van der Waals surface area contributed by atoms with Crippen LogP contribution in [0, 0.1) is 0 Å². The molecule has 3 aromatic rings. The van der Waals surface area contributed by atoms with Crippen LogP contribution in [0.2, 0.25) is 0 Å². The first-order chi connectivity index (χ1) is 13.3. The highest BCUT2D eigenvalue weighted by molar-refractivity contribution is 6.01. The molecular formula is C20H14F3NO4. The fraction of sp³-hybridized carbons (Fsp3) is 0.200. The van der Waals surface area contributed by atoms with Gasteiger partial charge in [0.25, 0.3) is 0 Å². The highest BCUT2D eigenvalue weighted by atomic mass is 19.4. The van der Waals surface area contributed by atoms with Crippen LogP contribution in [-0.4, -0.2) is 23.5 Å². The van der Waals surface area contributed by atoms with E-state index < -0.39 is 23.5 Å². The van der Waals surface area contributed by atoms with Gasteiger partial charge in [0.15, 0.2) is 0 Å². The maximum atomic E-state index is 12.9. The number of halogens is 3. The first-order valence-electron chi connectivity index (χ1n) is 8.51. The summed E-state index contributed by atoms with van der Waals surface area (Å²) >= 11 is 0. The number of hydrogen-bond donors (Lipinski definition) is 0. The van der Waals surface area contributed by atoms with Gasteiger partial charge in [-0.1, -0.05) is 24.3 Å². The van der Waals surface area contributed by atoms with Crippen molar-refractivity contribution in [2.45, 2.75) is 19.8 Å². The fourth-order valence-corrected chi connectivity index (χ4v) is 3.50. The first-order valence-corrected chi connectivity index (χ1v) is 8.51.